The Morgan fingerprint density at radius 1 is 1.32 bits per heavy atom. The molecule has 1 N–H and O–H groups in total. The Morgan fingerprint density at radius 2 is 2.00 bits per heavy atom. The Kier molecular flexibility index (Phi) is 3.94. The molecule has 0 spiro atoms. The summed E-state index contributed by atoms with van der Waals surface area (Å²) in [4.78, 5) is 12.5. The van der Waals surface area contributed by atoms with Gasteiger partial charge in [-0.1, -0.05) is 6.42 Å². The molecule has 0 heterocycles. The first-order valence-corrected chi connectivity index (χ1v) is 7.35. The van der Waals surface area contributed by atoms with Crippen molar-refractivity contribution in [1.29, 1.82) is 0 Å². The average Bonchev–Trinajstić information content (AvgIpc) is 2.35. The van der Waals surface area contributed by atoms with Crippen molar-refractivity contribution in [2.75, 3.05) is 20.5 Å². The van der Waals surface area contributed by atoms with Crippen LogP contribution in [0, 0.1) is 0 Å². The second-order valence-electron chi connectivity index (χ2n) is 4.65. The van der Waals surface area contributed by atoms with E-state index in [1.54, 1.807) is 20.3 Å². The van der Waals surface area contributed by atoms with Crippen LogP contribution >= 0.6 is 11.8 Å². The van der Waals surface area contributed by atoms with E-state index in [9.17, 15) is 9.90 Å². The molecule has 4 nitrogen and oxygen atoms in total. The lowest BCUT2D eigenvalue weighted by atomic mass is 9.64. The van der Waals surface area contributed by atoms with E-state index in [0.29, 0.717) is 24.3 Å². The summed E-state index contributed by atoms with van der Waals surface area (Å²) in [5, 5.41) is 9.51. The SMILES string of the molecule is COc1cc(C2(C(=O)O)CCC2)cc(SC)c1OC. The molecule has 2 rings (SSSR count). The van der Waals surface area contributed by atoms with Crippen molar-refractivity contribution in [3.63, 3.8) is 0 Å². The molecule has 1 saturated carbocycles. The summed E-state index contributed by atoms with van der Waals surface area (Å²) in [6.45, 7) is 0. The van der Waals surface area contributed by atoms with Crippen LogP contribution in [-0.4, -0.2) is 31.6 Å². The van der Waals surface area contributed by atoms with Crippen LogP contribution in [0.1, 0.15) is 24.8 Å². The van der Waals surface area contributed by atoms with Crippen LogP contribution in [0.2, 0.25) is 0 Å². The van der Waals surface area contributed by atoms with Crippen LogP contribution in [0.4, 0.5) is 0 Å². The highest BCUT2D eigenvalue weighted by atomic mass is 32.2. The van der Waals surface area contributed by atoms with Crippen molar-refractivity contribution >= 4 is 17.7 Å². The van der Waals surface area contributed by atoms with Gasteiger partial charge in [0.2, 0.25) is 0 Å². The number of carbonyl (C=O) groups is 1. The van der Waals surface area contributed by atoms with Gasteiger partial charge in [0.25, 0.3) is 0 Å². The van der Waals surface area contributed by atoms with Gasteiger partial charge in [-0.05, 0) is 36.8 Å². The number of hydrogen-bond acceptors (Lipinski definition) is 4. The summed E-state index contributed by atoms with van der Waals surface area (Å²) in [6.07, 6.45) is 4.27. The van der Waals surface area contributed by atoms with E-state index in [4.69, 9.17) is 9.47 Å². The Balaban J connectivity index is 2.56. The maximum absolute atomic E-state index is 11.6. The normalized spacial score (nSPS) is 16.6. The van der Waals surface area contributed by atoms with E-state index in [1.165, 1.54) is 11.8 Å². The van der Waals surface area contributed by atoms with Gasteiger partial charge in [-0.2, -0.15) is 0 Å². The molecule has 1 aromatic rings. The maximum atomic E-state index is 11.6. The number of rotatable bonds is 5. The second-order valence-corrected chi connectivity index (χ2v) is 5.50. The highest BCUT2D eigenvalue weighted by Crippen LogP contribution is 2.48. The van der Waals surface area contributed by atoms with Gasteiger partial charge >= 0.3 is 5.97 Å². The van der Waals surface area contributed by atoms with Crippen molar-refractivity contribution in [3.05, 3.63) is 17.7 Å². The largest absolute Gasteiger partial charge is 0.493 e. The molecule has 0 aliphatic heterocycles. The lowest BCUT2D eigenvalue weighted by Gasteiger charge is -2.38. The number of ether oxygens (including phenoxy) is 2. The van der Waals surface area contributed by atoms with Gasteiger partial charge in [-0.3, -0.25) is 4.79 Å². The summed E-state index contributed by atoms with van der Waals surface area (Å²) in [5.74, 6) is 0.508. The van der Waals surface area contributed by atoms with Crippen molar-refractivity contribution in [3.8, 4) is 11.5 Å². The lowest BCUT2D eigenvalue weighted by Crippen LogP contribution is -2.42. The Hall–Kier alpha value is -1.36. The highest BCUT2D eigenvalue weighted by Gasteiger charge is 2.46. The van der Waals surface area contributed by atoms with Gasteiger partial charge in [0.05, 0.1) is 24.5 Å². The molecule has 1 fully saturated rings. The number of carboxylic acid groups (broad SMARTS) is 1. The van der Waals surface area contributed by atoms with Crippen LogP contribution in [0.3, 0.4) is 0 Å². The molecule has 0 bridgehead atoms. The molecule has 0 aromatic heterocycles. The van der Waals surface area contributed by atoms with Gasteiger partial charge in [-0.25, -0.2) is 0 Å². The molecule has 5 heteroatoms. The number of hydrogen-bond donors (Lipinski definition) is 1. The number of carboxylic acids is 1. The lowest BCUT2D eigenvalue weighted by molar-refractivity contribution is -0.147. The first kappa shape index (κ1) is 14.1. The molecular weight excluding hydrogens is 264 g/mol. The minimum Gasteiger partial charge on any atom is -0.493 e. The van der Waals surface area contributed by atoms with Crippen molar-refractivity contribution in [2.24, 2.45) is 0 Å². The van der Waals surface area contributed by atoms with Crippen LogP contribution in [0.25, 0.3) is 0 Å². The van der Waals surface area contributed by atoms with Gasteiger partial charge in [0.15, 0.2) is 11.5 Å². The Morgan fingerprint density at radius 3 is 2.37 bits per heavy atom. The molecule has 0 atom stereocenters. The van der Waals surface area contributed by atoms with Crippen LogP contribution in [0.5, 0.6) is 11.5 Å². The molecule has 19 heavy (non-hydrogen) atoms. The van der Waals surface area contributed by atoms with E-state index in [-0.39, 0.29) is 0 Å². The topological polar surface area (TPSA) is 55.8 Å². The number of thioether (sulfide) groups is 1. The minimum absolute atomic E-state index is 0.594. The predicted octanol–water partition coefficient (Wildman–Crippen LogP) is 2.93. The third-order valence-corrected chi connectivity index (χ3v) is 4.58. The van der Waals surface area contributed by atoms with Crippen LogP contribution < -0.4 is 9.47 Å². The minimum atomic E-state index is -0.752. The summed E-state index contributed by atoms with van der Waals surface area (Å²) in [7, 11) is 3.16. The zero-order chi connectivity index (χ0) is 14.0. The van der Waals surface area contributed by atoms with E-state index in [1.807, 2.05) is 12.3 Å². The average molecular weight is 282 g/mol. The predicted molar refractivity (Wildman–Crippen MR) is 74.5 cm³/mol. The quantitative estimate of drug-likeness (QED) is 0.841. The van der Waals surface area contributed by atoms with Crippen molar-refractivity contribution < 1.29 is 19.4 Å². The zero-order valence-electron chi connectivity index (χ0n) is 11.4. The van der Waals surface area contributed by atoms with Gasteiger partial charge in [-0.15, -0.1) is 11.8 Å². The Labute approximate surface area is 117 Å². The molecule has 0 amide bonds. The standard InChI is InChI=1S/C14H18O4S/c1-17-10-7-9(8-11(19-3)12(10)18-2)14(13(15)16)5-4-6-14/h7-8H,4-6H2,1-3H3,(H,15,16). The molecule has 0 saturated heterocycles. The fourth-order valence-corrected chi connectivity index (χ4v) is 3.13. The summed E-state index contributed by atoms with van der Waals surface area (Å²) >= 11 is 1.53. The van der Waals surface area contributed by atoms with Crippen LogP contribution in [0.15, 0.2) is 17.0 Å². The number of aliphatic carboxylic acids is 1. The molecule has 1 aromatic carbocycles. The molecule has 1 aliphatic rings. The molecule has 0 radical (unpaired) electrons. The summed E-state index contributed by atoms with van der Waals surface area (Å²) in [5.41, 5.74) is 0.0672. The third kappa shape index (κ3) is 2.16. The highest BCUT2D eigenvalue weighted by molar-refractivity contribution is 7.98. The van der Waals surface area contributed by atoms with E-state index < -0.39 is 11.4 Å². The van der Waals surface area contributed by atoms with E-state index >= 15 is 0 Å². The maximum Gasteiger partial charge on any atom is 0.314 e. The monoisotopic (exact) mass is 282 g/mol. The summed E-state index contributed by atoms with van der Waals surface area (Å²) in [6, 6.07) is 3.71. The first-order chi connectivity index (χ1) is 9.08. The summed E-state index contributed by atoms with van der Waals surface area (Å²) < 4.78 is 10.7. The fraction of sp³-hybridized carbons (Fsp3) is 0.500. The number of methoxy groups -OCH3 is 2. The Bertz CT molecular complexity index is 469. The third-order valence-electron chi connectivity index (χ3n) is 3.83. The fourth-order valence-electron chi connectivity index (χ4n) is 2.51. The van der Waals surface area contributed by atoms with Gasteiger partial charge in [0, 0.05) is 0 Å². The second kappa shape index (κ2) is 5.33. The molecule has 104 valence electrons. The molecular formula is C14H18O4S. The molecule has 0 unspecified atom stereocenters. The van der Waals surface area contributed by atoms with Crippen molar-refractivity contribution in [2.45, 2.75) is 29.6 Å². The van der Waals surface area contributed by atoms with Gasteiger partial charge in [0.1, 0.15) is 0 Å². The molecule has 1 aliphatic carbocycles. The van der Waals surface area contributed by atoms with Gasteiger partial charge < -0.3 is 14.6 Å². The van der Waals surface area contributed by atoms with Crippen LogP contribution in [-0.2, 0) is 10.2 Å². The van der Waals surface area contributed by atoms with E-state index in [2.05, 4.69) is 0 Å². The number of benzene rings is 1. The van der Waals surface area contributed by atoms with Crippen molar-refractivity contribution in [1.82, 2.24) is 0 Å². The zero-order valence-corrected chi connectivity index (χ0v) is 12.2. The smallest absolute Gasteiger partial charge is 0.314 e. The van der Waals surface area contributed by atoms with E-state index in [0.717, 1.165) is 16.9 Å². The first-order valence-electron chi connectivity index (χ1n) is 6.13.